The van der Waals surface area contributed by atoms with Crippen molar-refractivity contribution in [2.24, 2.45) is 0 Å². The van der Waals surface area contributed by atoms with Crippen LogP contribution in [-0.4, -0.2) is 9.97 Å². The number of hydrogen-bond acceptors (Lipinski definition) is 2. The minimum absolute atomic E-state index is 0.318. The second-order valence-electron chi connectivity index (χ2n) is 2.60. The lowest BCUT2D eigenvalue weighted by atomic mass is 10.2. The topological polar surface area (TPSA) is 48.6 Å². The molecule has 0 bridgehead atoms. The van der Waals surface area contributed by atoms with E-state index >= 15 is 0 Å². The lowest BCUT2D eigenvalue weighted by molar-refractivity contribution is 0.629. The standard InChI is InChI=1S/C8H5FN2OS/c9-4-1-2-5-6(3-4)10-8(12)11-7(5)13/h1-3H,(H2,10,11,12,13). The monoisotopic (exact) mass is 196 g/mol. The molecule has 2 N–H and O–H groups in total. The Bertz CT molecular complexity index is 572. The van der Waals surface area contributed by atoms with Gasteiger partial charge in [0.05, 0.1) is 5.52 Å². The molecule has 0 amide bonds. The van der Waals surface area contributed by atoms with Crippen LogP contribution in [0.15, 0.2) is 23.0 Å². The van der Waals surface area contributed by atoms with Crippen molar-refractivity contribution in [2.75, 3.05) is 0 Å². The molecule has 1 aromatic heterocycles. The number of benzene rings is 1. The van der Waals surface area contributed by atoms with Gasteiger partial charge >= 0.3 is 5.69 Å². The first kappa shape index (κ1) is 8.12. The number of hydrogen-bond donors (Lipinski definition) is 2. The minimum atomic E-state index is -0.428. The van der Waals surface area contributed by atoms with Gasteiger partial charge in [-0.3, -0.25) is 4.98 Å². The van der Waals surface area contributed by atoms with Crippen LogP contribution in [0.5, 0.6) is 0 Å². The highest BCUT2D eigenvalue weighted by atomic mass is 32.1. The van der Waals surface area contributed by atoms with Crippen LogP contribution >= 0.6 is 12.2 Å². The molecular formula is C8H5FN2OS. The highest BCUT2D eigenvalue weighted by molar-refractivity contribution is 7.71. The van der Waals surface area contributed by atoms with E-state index in [9.17, 15) is 9.18 Å². The van der Waals surface area contributed by atoms with Gasteiger partial charge in [0.2, 0.25) is 0 Å². The van der Waals surface area contributed by atoms with Gasteiger partial charge in [0, 0.05) is 5.39 Å². The van der Waals surface area contributed by atoms with E-state index < -0.39 is 11.5 Å². The third-order valence-electron chi connectivity index (χ3n) is 1.70. The van der Waals surface area contributed by atoms with Gasteiger partial charge in [0.1, 0.15) is 10.5 Å². The Labute approximate surface area is 77.2 Å². The van der Waals surface area contributed by atoms with Gasteiger partial charge in [-0.2, -0.15) is 0 Å². The molecule has 0 atom stereocenters. The number of nitrogens with one attached hydrogen (secondary N) is 2. The lowest BCUT2D eigenvalue weighted by Gasteiger charge is -1.96. The quantitative estimate of drug-likeness (QED) is 0.630. The first-order chi connectivity index (χ1) is 6.16. The number of aromatic nitrogens is 2. The number of aromatic amines is 2. The van der Waals surface area contributed by atoms with Crippen molar-refractivity contribution < 1.29 is 4.39 Å². The van der Waals surface area contributed by atoms with Crippen molar-refractivity contribution in [2.45, 2.75) is 0 Å². The third kappa shape index (κ3) is 1.38. The molecule has 1 heterocycles. The number of halogens is 1. The molecule has 66 valence electrons. The Kier molecular flexibility index (Phi) is 1.73. The van der Waals surface area contributed by atoms with E-state index in [1.807, 2.05) is 0 Å². The summed E-state index contributed by atoms with van der Waals surface area (Å²) in [4.78, 5) is 15.8. The van der Waals surface area contributed by atoms with Crippen molar-refractivity contribution in [3.05, 3.63) is 39.1 Å². The van der Waals surface area contributed by atoms with Crippen LogP contribution in [0, 0.1) is 10.5 Å². The first-order valence-corrected chi connectivity index (χ1v) is 3.99. The van der Waals surface area contributed by atoms with Crippen molar-refractivity contribution in [3.8, 4) is 0 Å². The molecule has 0 saturated carbocycles. The Balaban J connectivity index is 3.03. The molecule has 0 saturated heterocycles. The Morgan fingerprint density at radius 1 is 1.31 bits per heavy atom. The summed E-state index contributed by atoms with van der Waals surface area (Å²) in [5, 5.41) is 0.635. The average Bonchev–Trinajstić information content (AvgIpc) is 2.02. The summed E-state index contributed by atoms with van der Waals surface area (Å²) in [6.07, 6.45) is 0. The summed E-state index contributed by atoms with van der Waals surface area (Å²) in [5.41, 5.74) is -0.0168. The van der Waals surface area contributed by atoms with Crippen LogP contribution < -0.4 is 5.69 Å². The van der Waals surface area contributed by atoms with E-state index in [0.29, 0.717) is 15.5 Å². The molecule has 13 heavy (non-hydrogen) atoms. The van der Waals surface area contributed by atoms with Gasteiger partial charge in [0.15, 0.2) is 0 Å². The lowest BCUT2D eigenvalue weighted by Crippen LogP contribution is -2.09. The van der Waals surface area contributed by atoms with Crippen LogP contribution in [0.4, 0.5) is 4.39 Å². The SMILES string of the molecule is O=c1[nH]c(=S)c2ccc(F)cc2[nH]1. The zero-order valence-corrected chi connectivity index (χ0v) is 7.24. The van der Waals surface area contributed by atoms with Crippen molar-refractivity contribution >= 4 is 23.1 Å². The normalized spacial score (nSPS) is 10.5. The number of H-pyrrole nitrogens is 2. The third-order valence-corrected chi connectivity index (χ3v) is 2.02. The fourth-order valence-electron chi connectivity index (χ4n) is 1.14. The molecule has 0 fully saturated rings. The summed E-state index contributed by atoms with van der Waals surface area (Å²) in [6.45, 7) is 0. The fourth-order valence-corrected chi connectivity index (χ4v) is 1.41. The largest absolute Gasteiger partial charge is 0.324 e. The first-order valence-electron chi connectivity index (χ1n) is 3.59. The molecule has 5 heteroatoms. The van der Waals surface area contributed by atoms with E-state index in [4.69, 9.17) is 12.2 Å². The highest BCUT2D eigenvalue weighted by Gasteiger charge is 1.98. The summed E-state index contributed by atoms with van der Waals surface area (Å²) in [6, 6.07) is 4.06. The molecule has 0 unspecified atom stereocenters. The maximum atomic E-state index is 12.7. The Morgan fingerprint density at radius 3 is 2.85 bits per heavy atom. The maximum Gasteiger partial charge on any atom is 0.324 e. The van der Waals surface area contributed by atoms with Gasteiger partial charge in [-0.1, -0.05) is 12.2 Å². The van der Waals surface area contributed by atoms with Gasteiger partial charge in [-0.15, -0.1) is 0 Å². The zero-order valence-electron chi connectivity index (χ0n) is 6.43. The smallest absolute Gasteiger partial charge is 0.307 e. The second-order valence-corrected chi connectivity index (χ2v) is 3.01. The Morgan fingerprint density at radius 2 is 2.08 bits per heavy atom. The molecule has 0 radical (unpaired) electrons. The predicted octanol–water partition coefficient (Wildman–Crippen LogP) is 1.72. The fraction of sp³-hybridized carbons (Fsp3) is 0. The summed E-state index contributed by atoms with van der Waals surface area (Å²) >= 11 is 4.89. The molecule has 1 aromatic carbocycles. The second kappa shape index (κ2) is 2.77. The molecule has 0 aliphatic rings. The van der Waals surface area contributed by atoms with Crippen molar-refractivity contribution in [1.29, 1.82) is 0 Å². The molecule has 0 aliphatic heterocycles. The molecule has 2 aromatic rings. The molecule has 0 aliphatic carbocycles. The van der Waals surface area contributed by atoms with Gasteiger partial charge in [0.25, 0.3) is 0 Å². The van der Waals surface area contributed by atoms with Crippen LogP contribution in [0.3, 0.4) is 0 Å². The zero-order chi connectivity index (χ0) is 9.42. The van der Waals surface area contributed by atoms with E-state index in [2.05, 4.69) is 9.97 Å². The molecule has 2 rings (SSSR count). The predicted molar refractivity (Wildman–Crippen MR) is 49.7 cm³/mol. The van der Waals surface area contributed by atoms with Gasteiger partial charge < -0.3 is 4.98 Å². The van der Waals surface area contributed by atoms with Gasteiger partial charge in [-0.25, -0.2) is 9.18 Å². The van der Waals surface area contributed by atoms with Crippen LogP contribution in [0.1, 0.15) is 0 Å². The van der Waals surface area contributed by atoms with E-state index in [-0.39, 0.29) is 0 Å². The van der Waals surface area contributed by atoms with Gasteiger partial charge in [-0.05, 0) is 18.2 Å². The molecular weight excluding hydrogens is 191 g/mol. The molecule has 0 spiro atoms. The molecule has 3 nitrogen and oxygen atoms in total. The summed E-state index contributed by atoms with van der Waals surface area (Å²) in [5.74, 6) is -0.399. The van der Waals surface area contributed by atoms with E-state index in [1.165, 1.54) is 18.2 Å². The highest BCUT2D eigenvalue weighted by Crippen LogP contribution is 2.11. The number of fused-ring (bicyclic) bond motifs is 1. The van der Waals surface area contributed by atoms with Crippen molar-refractivity contribution in [3.63, 3.8) is 0 Å². The number of rotatable bonds is 0. The van der Waals surface area contributed by atoms with Crippen LogP contribution in [-0.2, 0) is 0 Å². The summed E-state index contributed by atoms with van der Waals surface area (Å²) < 4.78 is 13.1. The van der Waals surface area contributed by atoms with Crippen LogP contribution in [0.2, 0.25) is 0 Å². The van der Waals surface area contributed by atoms with E-state index in [0.717, 1.165) is 0 Å². The minimum Gasteiger partial charge on any atom is -0.307 e. The Hall–Kier alpha value is -1.49. The van der Waals surface area contributed by atoms with Crippen LogP contribution in [0.25, 0.3) is 10.9 Å². The maximum absolute atomic E-state index is 12.7. The average molecular weight is 196 g/mol. The van der Waals surface area contributed by atoms with E-state index in [1.54, 1.807) is 0 Å². The summed E-state index contributed by atoms with van der Waals surface area (Å²) in [7, 11) is 0. The van der Waals surface area contributed by atoms with Crippen molar-refractivity contribution in [1.82, 2.24) is 9.97 Å².